The number of carbonyl (C=O) groups excluding carboxylic acids is 1. The van der Waals surface area contributed by atoms with E-state index in [0.717, 1.165) is 0 Å². The van der Waals surface area contributed by atoms with E-state index < -0.39 is 5.92 Å². The number of thiocarbonyl (C=S) groups is 1. The monoisotopic (exact) mass is 268 g/mol. The van der Waals surface area contributed by atoms with Crippen LogP contribution in [-0.4, -0.2) is 20.7 Å². The van der Waals surface area contributed by atoms with Crippen molar-refractivity contribution in [2.75, 3.05) is 5.32 Å². The molecule has 0 saturated carbocycles. The van der Waals surface area contributed by atoms with Gasteiger partial charge in [0.25, 0.3) is 0 Å². The summed E-state index contributed by atoms with van der Waals surface area (Å²) in [5, 5.41) is 6.99. The summed E-state index contributed by atoms with van der Waals surface area (Å²) < 4.78 is 1.78. The first kappa shape index (κ1) is 14.6. The molecule has 6 heteroatoms. The first-order valence-electron chi connectivity index (χ1n) is 5.98. The van der Waals surface area contributed by atoms with Gasteiger partial charge in [-0.2, -0.15) is 5.10 Å². The average molecular weight is 268 g/mol. The summed E-state index contributed by atoms with van der Waals surface area (Å²) in [5.41, 5.74) is 5.59. The van der Waals surface area contributed by atoms with Crippen LogP contribution in [0.5, 0.6) is 0 Å². The Balaban J connectivity index is 2.76. The highest BCUT2D eigenvalue weighted by atomic mass is 32.1. The zero-order valence-corrected chi connectivity index (χ0v) is 12.0. The quantitative estimate of drug-likeness (QED) is 0.801. The summed E-state index contributed by atoms with van der Waals surface area (Å²) in [4.78, 5) is 12.3. The van der Waals surface area contributed by atoms with E-state index >= 15 is 0 Å². The molecule has 1 aromatic rings. The van der Waals surface area contributed by atoms with E-state index in [9.17, 15) is 4.79 Å². The van der Waals surface area contributed by atoms with Crippen LogP contribution in [0.1, 0.15) is 33.7 Å². The molecule has 1 aromatic heterocycles. The van der Waals surface area contributed by atoms with Crippen molar-refractivity contribution in [2.45, 2.75) is 33.7 Å². The molecule has 0 radical (unpaired) electrons. The highest BCUT2D eigenvalue weighted by Gasteiger charge is 2.25. The summed E-state index contributed by atoms with van der Waals surface area (Å²) in [6.07, 6.45) is 1.82. The van der Waals surface area contributed by atoms with Crippen molar-refractivity contribution < 1.29 is 4.79 Å². The Kier molecular flexibility index (Phi) is 4.84. The molecule has 5 nitrogen and oxygen atoms in total. The normalized spacial score (nSPS) is 12.8. The Labute approximate surface area is 113 Å². The third-order valence-corrected chi connectivity index (χ3v) is 2.90. The molecule has 0 aliphatic rings. The van der Waals surface area contributed by atoms with Crippen molar-refractivity contribution >= 4 is 28.9 Å². The minimum atomic E-state index is -0.468. The molecule has 1 rings (SSSR count). The lowest BCUT2D eigenvalue weighted by molar-refractivity contribution is -0.118. The molecule has 1 amide bonds. The predicted octanol–water partition coefficient (Wildman–Crippen LogP) is 1.96. The van der Waals surface area contributed by atoms with Crippen LogP contribution in [0.25, 0.3) is 0 Å². The molecule has 0 spiro atoms. The number of hydrogen-bond acceptors (Lipinski definition) is 3. The molecule has 0 saturated heterocycles. The van der Waals surface area contributed by atoms with E-state index in [1.807, 2.05) is 33.9 Å². The van der Waals surface area contributed by atoms with Gasteiger partial charge in [0, 0.05) is 18.3 Å². The van der Waals surface area contributed by atoms with Crippen molar-refractivity contribution in [1.82, 2.24) is 9.78 Å². The summed E-state index contributed by atoms with van der Waals surface area (Å²) in [6.45, 7) is 7.86. The number of nitrogens with zero attached hydrogens (tertiary/aromatic N) is 2. The van der Waals surface area contributed by atoms with Gasteiger partial charge < -0.3 is 11.1 Å². The fourth-order valence-electron chi connectivity index (χ4n) is 1.66. The van der Waals surface area contributed by atoms with Gasteiger partial charge in [0.1, 0.15) is 0 Å². The number of hydrogen-bond donors (Lipinski definition) is 2. The molecule has 0 aromatic carbocycles. The molecule has 100 valence electrons. The van der Waals surface area contributed by atoms with Crippen LogP contribution in [0.15, 0.2) is 12.3 Å². The lowest BCUT2D eigenvalue weighted by atomic mass is 9.95. The Morgan fingerprint density at radius 1 is 1.44 bits per heavy atom. The first-order chi connectivity index (χ1) is 8.32. The lowest BCUT2D eigenvalue weighted by Crippen LogP contribution is -2.36. The Hall–Kier alpha value is -1.43. The van der Waals surface area contributed by atoms with Gasteiger partial charge in [-0.1, -0.05) is 26.1 Å². The summed E-state index contributed by atoms with van der Waals surface area (Å²) >= 11 is 4.92. The van der Waals surface area contributed by atoms with Crippen LogP contribution in [0.3, 0.4) is 0 Å². The number of amides is 1. The third kappa shape index (κ3) is 3.53. The predicted molar refractivity (Wildman–Crippen MR) is 76.4 cm³/mol. The van der Waals surface area contributed by atoms with Gasteiger partial charge in [-0.15, -0.1) is 0 Å². The van der Waals surface area contributed by atoms with Gasteiger partial charge in [-0.05, 0) is 19.8 Å². The van der Waals surface area contributed by atoms with E-state index in [4.69, 9.17) is 18.0 Å². The molecule has 0 bridgehead atoms. The first-order valence-corrected chi connectivity index (χ1v) is 6.39. The van der Waals surface area contributed by atoms with Crippen LogP contribution in [0.2, 0.25) is 0 Å². The van der Waals surface area contributed by atoms with Crippen molar-refractivity contribution in [3.63, 3.8) is 0 Å². The van der Waals surface area contributed by atoms with Crippen LogP contribution < -0.4 is 11.1 Å². The van der Waals surface area contributed by atoms with Crippen LogP contribution in [0.4, 0.5) is 5.82 Å². The maximum atomic E-state index is 12.0. The van der Waals surface area contributed by atoms with Crippen LogP contribution in [-0.2, 0) is 4.79 Å². The molecular formula is C12H20N4OS. The molecule has 1 heterocycles. The smallest absolute Gasteiger partial charge is 0.235 e. The van der Waals surface area contributed by atoms with E-state index in [-0.39, 0.29) is 22.9 Å². The van der Waals surface area contributed by atoms with E-state index in [0.29, 0.717) is 5.82 Å². The lowest BCUT2D eigenvalue weighted by Gasteiger charge is -2.17. The second kappa shape index (κ2) is 5.95. The minimum Gasteiger partial charge on any atom is -0.393 e. The number of rotatable bonds is 5. The average Bonchev–Trinajstić information content (AvgIpc) is 2.64. The van der Waals surface area contributed by atoms with Crippen LogP contribution >= 0.6 is 12.2 Å². The second-order valence-electron chi connectivity index (χ2n) is 4.89. The standard InChI is InChI=1S/C12H20N4OS/c1-7(2)10(11(13)18)12(17)14-9-5-6-16(15-9)8(3)4/h5-8,10H,1-4H3,(H2,13,18)(H,14,15,17). The third-order valence-electron chi connectivity index (χ3n) is 2.64. The summed E-state index contributed by atoms with van der Waals surface area (Å²) in [5.74, 6) is -0.0824. The molecule has 0 aliphatic heterocycles. The fourth-order valence-corrected chi connectivity index (χ4v) is 2.04. The fraction of sp³-hybridized carbons (Fsp3) is 0.583. The summed E-state index contributed by atoms with van der Waals surface area (Å²) in [7, 11) is 0. The maximum Gasteiger partial charge on any atom is 0.235 e. The number of anilines is 1. The van der Waals surface area contributed by atoms with Gasteiger partial charge in [-0.25, -0.2) is 0 Å². The zero-order valence-electron chi connectivity index (χ0n) is 11.2. The van der Waals surface area contributed by atoms with Gasteiger partial charge in [-0.3, -0.25) is 9.48 Å². The van der Waals surface area contributed by atoms with Crippen molar-refractivity contribution in [1.29, 1.82) is 0 Å². The molecule has 3 N–H and O–H groups in total. The van der Waals surface area contributed by atoms with Crippen LogP contribution in [0, 0.1) is 11.8 Å². The second-order valence-corrected chi connectivity index (χ2v) is 5.36. The van der Waals surface area contributed by atoms with Crippen molar-refractivity contribution in [2.24, 2.45) is 17.6 Å². The SMILES string of the molecule is CC(C)C(C(=O)Nc1ccn(C(C)C)n1)C(N)=S. The number of carbonyl (C=O) groups is 1. The minimum absolute atomic E-state index is 0.0645. The highest BCUT2D eigenvalue weighted by Crippen LogP contribution is 2.15. The largest absolute Gasteiger partial charge is 0.393 e. The van der Waals surface area contributed by atoms with Crippen molar-refractivity contribution in [3.8, 4) is 0 Å². The number of nitrogens with two attached hydrogens (primary N) is 1. The van der Waals surface area contributed by atoms with Gasteiger partial charge >= 0.3 is 0 Å². The highest BCUT2D eigenvalue weighted by molar-refractivity contribution is 7.80. The topological polar surface area (TPSA) is 72.9 Å². The maximum absolute atomic E-state index is 12.0. The number of aromatic nitrogens is 2. The zero-order chi connectivity index (χ0) is 13.9. The Morgan fingerprint density at radius 2 is 2.06 bits per heavy atom. The summed E-state index contributed by atoms with van der Waals surface area (Å²) in [6, 6.07) is 2.02. The Morgan fingerprint density at radius 3 is 2.44 bits per heavy atom. The molecule has 18 heavy (non-hydrogen) atoms. The van der Waals surface area contributed by atoms with Crippen molar-refractivity contribution in [3.05, 3.63) is 12.3 Å². The molecule has 0 fully saturated rings. The Bertz CT molecular complexity index is 439. The molecule has 1 atom stereocenters. The molecule has 1 unspecified atom stereocenters. The van der Waals surface area contributed by atoms with E-state index in [2.05, 4.69) is 10.4 Å². The van der Waals surface area contributed by atoms with E-state index in [1.165, 1.54) is 0 Å². The molecule has 0 aliphatic carbocycles. The van der Waals surface area contributed by atoms with Gasteiger partial charge in [0.2, 0.25) is 5.91 Å². The van der Waals surface area contributed by atoms with E-state index in [1.54, 1.807) is 10.7 Å². The molecular weight excluding hydrogens is 248 g/mol. The van der Waals surface area contributed by atoms with Gasteiger partial charge in [0.05, 0.1) is 10.9 Å². The van der Waals surface area contributed by atoms with Gasteiger partial charge in [0.15, 0.2) is 5.82 Å². The number of nitrogens with one attached hydrogen (secondary N) is 1.